The van der Waals surface area contributed by atoms with Crippen molar-refractivity contribution in [1.82, 2.24) is 9.80 Å². The first-order valence-electron chi connectivity index (χ1n) is 5.54. The zero-order chi connectivity index (χ0) is 14.9. The summed E-state index contributed by atoms with van der Waals surface area (Å²) in [5, 5.41) is 0. The number of amides is 2. The summed E-state index contributed by atoms with van der Waals surface area (Å²) in [6, 6.07) is 0. The molecule has 0 unspecified atom stereocenters. The minimum absolute atomic E-state index is 0. The molecule has 0 spiro atoms. The minimum atomic E-state index is 0. The van der Waals surface area contributed by atoms with Gasteiger partial charge in [0.15, 0.2) is 0 Å². The van der Waals surface area contributed by atoms with Gasteiger partial charge in [0.25, 0.3) is 0 Å². The molecule has 0 saturated heterocycles. The minimum Gasteiger partial charge on any atom is -0.358 e. The molecule has 0 aromatic rings. The first-order valence-corrected chi connectivity index (χ1v) is 5.54. The van der Waals surface area contributed by atoms with E-state index >= 15 is 0 Å². The third kappa shape index (κ3) is 167. The normalized spacial score (nSPS) is 4.34. The summed E-state index contributed by atoms with van der Waals surface area (Å²) >= 11 is 0. The molecule has 47 heavy (non-hydrogen) atoms. The second-order valence-electron chi connectivity index (χ2n) is 3.70. The summed E-state index contributed by atoms with van der Waals surface area (Å²) in [7, 11) is 6.72. The fourth-order valence-corrected chi connectivity index (χ4v) is 0.756. The largest absolute Gasteiger partial charge is 2.00 e. The summed E-state index contributed by atoms with van der Waals surface area (Å²) in [5.74, 6) is 1.50. The number of carbonyl (C=O) groups is 2. The predicted octanol–water partition coefficient (Wildman–Crippen LogP) is 1.93. The summed E-state index contributed by atoms with van der Waals surface area (Å²) in [5.41, 5.74) is 0. The molecule has 0 radical (unpaired) electrons. The van der Waals surface area contributed by atoms with Gasteiger partial charge in [0.2, 0.25) is 11.8 Å². The van der Waals surface area contributed by atoms with E-state index in [1.807, 2.05) is 0 Å². The number of rotatable bonds is 0. The van der Waals surface area contributed by atoms with E-state index < -0.39 is 0 Å². The quantitative estimate of drug-likeness (QED) is 0.212. The number of aliphatic imine (C=N–C) groups is 2. The van der Waals surface area contributed by atoms with Gasteiger partial charge in [0, 0.05) is 851 Å². The van der Waals surface area contributed by atoms with Gasteiger partial charge in [-0.2, -0.15) is 0 Å². The average Bonchev–Trinajstić information content (AvgIpc) is 2.35. The van der Waals surface area contributed by atoms with Gasteiger partial charge >= 0.3 is 31.1 Å². The second kappa shape index (κ2) is 171. The van der Waals surface area contributed by atoms with Crippen molar-refractivity contribution >= 4 is 23.5 Å². The van der Waals surface area contributed by atoms with Crippen LogP contribution in [0.1, 0.15) is 27.7 Å². The SMILES string of the molecule is CN=C(C)N(C)C(C)=O.CN=C(C)N(C)C(C)=O.[CH3-].[CH3-].[U+2].[U].[U].[U].[U].[U].[U].[U].[U].[U].[U].[U].[U].[U].[U].[U].[U].[U].[U].[U].[U].[U].[U].[U].[U].[U].[U]. The van der Waals surface area contributed by atoms with E-state index in [1.165, 1.54) is 23.6 Å². The Hall–Kier alpha value is 26.7. The summed E-state index contributed by atoms with van der Waals surface area (Å²) in [6.07, 6.45) is 0. The number of carbonyl (C=O) groups excluding carboxylic acids is 2. The van der Waals surface area contributed by atoms with Gasteiger partial charge in [-0.3, -0.25) is 19.6 Å². The maximum absolute atomic E-state index is 10.6. The van der Waals surface area contributed by atoms with Gasteiger partial charge in [-0.1, -0.05) is 0 Å². The molecule has 0 atom stereocenters. The van der Waals surface area contributed by atoms with Gasteiger partial charge < -0.3 is 24.7 Å². The van der Waals surface area contributed by atoms with Crippen LogP contribution in [-0.2, 0) is 9.59 Å². The molecule has 0 heterocycles. The Morgan fingerprint density at radius 3 is 0.447 bits per heavy atom. The van der Waals surface area contributed by atoms with Crippen molar-refractivity contribution in [1.29, 1.82) is 0 Å². The predicted molar refractivity (Wildman–Crippen MR) is 87.8 cm³/mol. The van der Waals surface area contributed by atoms with Crippen LogP contribution in [0.5, 0.6) is 0 Å². The molecule has 0 aromatic carbocycles. The van der Waals surface area contributed by atoms with Crippen molar-refractivity contribution < 1.29 is 850 Å². The topological polar surface area (TPSA) is 65.3 Å². The van der Waals surface area contributed by atoms with Gasteiger partial charge in [-0.15, -0.1) is 0 Å². The van der Waals surface area contributed by atoms with Crippen molar-refractivity contribution in [2.45, 2.75) is 27.7 Å². The fraction of sp³-hybridized carbons (Fsp3) is 0.571. The van der Waals surface area contributed by atoms with Crippen molar-refractivity contribution in [2.75, 3.05) is 28.2 Å². The van der Waals surface area contributed by atoms with Crippen LogP contribution in [0, 0.1) is 855 Å². The van der Waals surface area contributed by atoms with Gasteiger partial charge in [0.1, 0.15) is 11.7 Å². The van der Waals surface area contributed by atoms with Crippen LogP contribution in [0.4, 0.5) is 0 Å². The van der Waals surface area contributed by atoms with Gasteiger partial charge in [0.05, 0.1) is 0 Å². The van der Waals surface area contributed by atoms with Crippen molar-refractivity contribution in [3.05, 3.63) is 14.9 Å². The van der Waals surface area contributed by atoms with E-state index in [0.29, 0.717) is 0 Å². The van der Waals surface area contributed by atoms with E-state index in [-0.39, 0.29) is 867 Å². The average molecular weight is 6710 g/mol. The maximum atomic E-state index is 10.6. The molecule has 226 valence electrons. The molecule has 0 aliphatic rings. The van der Waals surface area contributed by atoms with Crippen LogP contribution < -0.4 is 0 Å². The Balaban J connectivity index is -0.00000000232. The van der Waals surface area contributed by atoms with Crippen LogP contribution in [0.25, 0.3) is 0 Å². The monoisotopic (exact) mass is 6710 g/mol. The first-order chi connectivity index (χ1) is 8.18. The van der Waals surface area contributed by atoms with Gasteiger partial charge in [-0.25, -0.2) is 0 Å². The molecule has 0 rings (SSSR count). The van der Waals surface area contributed by atoms with Crippen LogP contribution in [0.2, 0.25) is 0 Å². The first kappa shape index (κ1) is 214. The molecule has 6 nitrogen and oxygen atoms in total. The van der Waals surface area contributed by atoms with E-state index in [0.717, 1.165) is 11.7 Å². The van der Waals surface area contributed by atoms with Gasteiger partial charge in [-0.05, 0) is 13.8 Å². The van der Waals surface area contributed by atoms with Crippen molar-refractivity contribution in [2.24, 2.45) is 9.98 Å². The molecule has 0 bridgehead atoms. The number of amidine groups is 2. The molecule has 0 aliphatic carbocycles. The van der Waals surface area contributed by atoms with E-state index in [9.17, 15) is 9.59 Å². The summed E-state index contributed by atoms with van der Waals surface area (Å²) in [4.78, 5) is 31.8. The number of hydrogen-bond acceptors (Lipinski definition) is 4. The second-order valence-corrected chi connectivity index (χ2v) is 3.70. The molecular weight excluding hydrogens is 6680 g/mol. The molecule has 2 amide bonds. The van der Waals surface area contributed by atoms with Crippen LogP contribution in [0.15, 0.2) is 9.98 Å². The molecular formula is C14H30N4O2U27. The Morgan fingerprint density at radius 1 is 0.340 bits per heavy atom. The summed E-state index contributed by atoms with van der Waals surface area (Å²) < 4.78 is 0. The van der Waals surface area contributed by atoms with Crippen LogP contribution in [-0.4, -0.2) is 61.5 Å². The van der Waals surface area contributed by atoms with Crippen molar-refractivity contribution in [3.63, 3.8) is 0 Å². The zero-order valence-corrected chi connectivity index (χ0v) is 141. The van der Waals surface area contributed by atoms with Crippen LogP contribution >= 0.6 is 0 Å². The zero-order valence-electron chi connectivity index (χ0n) is 28.1. The van der Waals surface area contributed by atoms with E-state index in [2.05, 4.69) is 9.98 Å². The molecule has 0 aliphatic heterocycles. The molecule has 0 saturated carbocycles. The Morgan fingerprint density at radius 2 is 0.426 bits per heavy atom. The molecule has 0 fully saturated rings. The van der Waals surface area contributed by atoms with Crippen molar-refractivity contribution in [3.8, 4) is 0 Å². The fourth-order valence-electron chi connectivity index (χ4n) is 0.756. The summed E-state index contributed by atoms with van der Waals surface area (Å²) in [6.45, 7) is 6.60. The Bertz CT molecular complexity index is 361. The molecule has 0 N–H and O–H groups in total. The number of nitrogens with zero attached hydrogens (tertiary/aromatic N) is 4. The van der Waals surface area contributed by atoms with Crippen LogP contribution in [0.3, 0.4) is 0 Å². The smallest absolute Gasteiger partial charge is 0.358 e. The molecule has 33 heteroatoms. The standard InChI is InChI=1S/2C6H12N2O.2CH3.27U/c2*1-5(7-3)8(4)6(2)9;;;;;;;;;;;;;;;;;;;;;;;;;;;;;/h2*1-4H3;2*1H3;;;;;;;;;;;;;;;;;;;;;;;;;;;/q;;2*-1;;;;;;;;;;;;;;;;;;;;;;;;;;;+2. The Kier molecular flexibility index (Phi) is 779. The van der Waals surface area contributed by atoms with E-state index in [4.69, 9.17) is 0 Å². The third-order valence-corrected chi connectivity index (χ3v) is 2.56. The van der Waals surface area contributed by atoms with E-state index in [1.54, 1.807) is 42.0 Å². The Labute approximate surface area is 931 Å². The third-order valence-electron chi connectivity index (χ3n) is 2.56. The number of hydrogen-bond donors (Lipinski definition) is 0. The maximum Gasteiger partial charge on any atom is 2.00 e. The molecule has 0 aromatic heterocycles.